The molecule has 4 aromatic rings. The fourth-order valence-electron chi connectivity index (χ4n) is 4.79. The van der Waals surface area contributed by atoms with E-state index in [1.54, 1.807) is 12.4 Å². The molecule has 0 bridgehead atoms. The van der Waals surface area contributed by atoms with Crippen LogP contribution in [0, 0.1) is 5.92 Å². The number of imidazole rings is 1. The number of aromatic amines is 1. The summed E-state index contributed by atoms with van der Waals surface area (Å²) in [6, 6.07) is 13.1. The number of halogens is 1. The average molecular weight is 577 g/mol. The van der Waals surface area contributed by atoms with Gasteiger partial charge in [-0.3, -0.25) is 9.78 Å². The Kier molecular flexibility index (Phi) is 7.42. The van der Waals surface area contributed by atoms with Gasteiger partial charge in [0.05, 0.1) is 48.0 Å². The van der Waals surface area contributed by atoms with Gasteiger partial charge in [-0.1, -0.05) is 54.0 Å². The van der Waals surface area contributed by atoms with Crippen molar-refractivity contribution in [3.05, 3.63) is 65.2 Å². The van der Waals surface area contributed by atoms with Gasteiger partial charge in [0.15, 0.2) is 0 Å². The van der Waals surface area contributed by atoms with Gasteiger partial charge in [-0.05, 0) is 42.5 Å². The molecule has 196 valence electrons. The highest BCUT2D eigenvalue weighted by Crippen LogP contribution is 2.33. The second kappa shape index (κ2) is 10.9. The maximum absolute atomic E-state index is 13.4. The third kappa shape index (κ3) is 5.26. The summed E-state index contributed by atoms with van der Waals surface area (Å²) in [4.78, 5) is 44.3. The molecule has 38 heavy (non-hydrogen) atoms. The third-order valence-corrected chi connectivity index (χ3v) is 7.33. The summed E-state index contributed by atoms with van der Waals surface area (Å²) < 4.78 is 5.69. The average Bonchev–Trinajstić information content (AvgIpc) is 3.61. The smallest absolute Gasteiger partial charge is 0.407 e. The number of nitrogens with zero attached hydrogens (tertiary/aromatic N) is 4. The molecule has 1 unspecified atom stereocenters. The molecular weight excluding hydrogens is 548 g/mol. The van der Waals surface area contributed by atoms with E-state index in [4.69, 9.17) is 9.72 Å². The maximum atomic E-state index is 13.4. The summed E-state index contributed by atoms with van der Waals surface area (Å²) in [6.45, 7) is 4.42. The van der Waals surface area contributed by atoms with Crippen LogP contribution in [0.25, 0.3) is 33.5 Å². The molecule has 0 aliphatic carbocycles. The van der Waals surface area contributed by atoms with Gasteiger partial charge in [0.1, 0.15) is 11.9 Å². The molecule has 0 saturated carbocycles. The number of rotatable bonds is 6. The number of ether oxygens (including phenoxy) is 1. The lowest BCUT2D eigenvalue weighted by Crippen LogP contribution is -2.51. The van der Waals surface area contributed by atoms with Gasteiger partial charge in [0, 0.05) is 16.6 Å². The molecule has 1 saturated heterocycles. The number of fused-ring (bicyclic) bond motifs is 1. The highest BCUT2D eigenvalue weighted by atomic mass is 79.9. The van der Waals surface area contributed by atoms with Crippen LogP contribution in [-0.2, 0) is 9.53 Å². The summed E-state index contributed by atoms with van der Waals surface area (Å²) in [7, 11) is 1.29. The molecule has 2 amide bonds. The molecule has 2 aromatic heterocycles. The van der Waals surface area contributed by atoms with E-state index in [0.29, 0.717) is 6.54 Å². The van der Waals surface area contributed by atoms with E-state index in [2.05, 4.69) is 36.2 Å². The number of hydrogen-bond donors (Lipinski definition) is 2. The number of carbonyl (C=O) groups is 2. The molecule has 0 spiro atoms. The number of methoxy groups -OCH3 is 1. The molecule has 3 heterocycles. The van der Waals surface area contributed by atoms with Gasteiger partial charge in [-0.15, -0.1) is 0 Å². The largest absolute Gasteiger partial charge is 0.453 e. The first kappa shape index (κ1) is 25.8. The van der Waals surface area contributed by atoms with E-state index in [-0.39, 0.29) is 17.9 Å². The van der Waals surface area contributed by atoms with Crippen LogP contribution in [-0.4, -0.2) is 56.5 Å². The Balaban J connectivity index is 1.33. The number of amides is 2. The van der Waals surface area contributed by atoms with Crippen molar-refractivity contribution >= 4 is 39.0 Å². The number of H-pyrrole nitrogens is 1. The number of benzene rings is 2. The predicted octanol–water partition coefficient (Wildman–Crippen LogP) is 5.49. The summed E-state index contributed by atoms with van der Waals surface area (Å²) in [5, 5.41) is 2.68. The molecule has 0 radical (unpaired) electrons. The Bertz CT molecular complexity index is 1470. The minimum absolute atomic E-state index is 0.0808. The molecular formula is C28H29BrN6O3. The quantitative estimate of drug-likeness (QED) is 0.313. The number of nitrogens with one attached hydrogen (secondary N) is 2. The molecule has 2 aromatic carbocycles. The first-order valence-electron chi connectivity index (χ1n) is 12.6. The second-order valence-corrected chi connectivity index (χ2v) is 10.6. The molecule has 2 N–H and O–H groups in total. The first-order valence-corrected chi connectivity index (χ1v) is 13.4. The standard InChI is InChI=1S/C28H29BrN6O3/c1-16(2)25(34-28(37)38-3)27(36)35-12-4-5-24(35)26-31-15-23(33-26)18-8-6-17(7-9-18)22-14-30-21-13-19(29)10-11-20(21)32-22/h6-11,13-16,24-25H,4-5,12H2,1-3H3,(H,31,33)(H,34,37)/t24?,25-/m0/s1. The van der Waals surface area contributed by atoms with Gasteiger partial charge < -0.3 is 19.9 Å². The van der Waals surface area contributed by atoms with Crippen molar-refractivity contribution in [2.45, 2.75) is 38.8 Å². The Hall–Kier alpha value is -3.79. The summed E-state index contributed by atoms with van der Waals surface area (Å²) >= 11 is 3.47. The van der Waals surface area contributed by atoms with Crippen LogP contribution in [0.15, 0.2) is 59.3 Å². The number of carbonyl (C=O) groups excluding carboxylic acids is 2. The van der Waals surface area contributed by atoms with Crippen molar-refractivity contribution in [3.8, 4) is 22.5 Å². The Morgan fingerprint density at radius 2 is 1.84 bits per heavy atom. The highest BCUT2D eigenvalue weighted by Gasteiger charge is 2.37. The van der Waals surface area contributed by atoms with Gasteiger partial charge in [0.2, 0.25) is 5.91 Å². The Labute approximate surface area is 229 Å². The summed E-state index contributed by atoms with van der Waals surface area (Å²) in [5.41, 5.74) is 5.30. The van der Waals surface area contributed by atoms with Crippen molar-refractivity contribution in [2.75, 3.05) is 13.7 Å². The van der Waals surface area contributed by atoms with E-state index in [1.807, 2.05) is 61.2 Å². The minimum atomic E-state index is -0.662. The van der Waals surface area contributed by atoms with E-state index in [1.165, 1.54) is 7.11 Å². The van der Waals surface area contributed by atoms with Crippen LogP contribution in [0.2, 0.25) is 0 Å². The van der Waals surface area contributed by atoms with Crippen LogP contribution in [0.4, 0.5) is 4.79 Å². The third-order valence-electron chi connectivity index (χ3n) is 6.83. The van der Waals surface area contributed by atoms with E-state index in [9.17, 15) is 9.59 Å². The molecule has 1 aliphatic rings. The van der Waals surface area contributed by atoms with Gasteiger partial charge in [-0.2, -0.15) is 0 Å². The highest BCUT2D eigenvalue weighted by molar-refractivity contribution is 9.10. The second-order valence-electron chi connectivity index (χ2n) is 9.70. The van der Waals surface area contributed by atoms with Crippen LogP contribution in [0.3, 0.4) is 0 Å². The van der Waals surface area contributed by atoms with E-state index < -0.39 is 12.1 Å². The first-order chi connectivity index (χ1) is 18.3. The fraction of sp³-hybridized carbons (Fsp3) is 0.321. The monoisotopic (exact) mass is 576 g/mol. The maximum Gasteiger partial charge on any atom is 0.407 e. The molecule has 5 rings (SSSR count). The van der Waals surface area contributed by atoms with Gasteiger partial charge >= 0.3 is 6.09 Å². The van der Waals surface area contributed by atoms with Crippen molar-refractivity contribution in [3.63, 3.8) is 0 Å². The lowest BCUT2D eigenvalue weighted by molar-refractivity contribution is -0.135. The Morgan fingerprint density at radius 1 is 1.08 bits per heavy atom. The van der Waals surface area contributed by atoms with Gasteiger partial charge in [-0.25, -0.2) is 14.8 Å². The predicted molar refractivity (Wildman–Crippen MR) is 148 cm³/mol. The topological polar surface area (TPSA) is 113 Å². The molecule has 10 heteroatoms. The SMILES string of the molecule is COC(=O)N[C@H](C(=O)N1CCCC1c1ncc(-c2ccc(-c3cnc4cc(Br)ccc4n3)cc2)[nH]1)C(C)C. The molecule has 9 nitrogen and oxygen atoms in total. The van der Waals surface area contributed by atoms with Crippen molar-refractivity contribution in [1.82, 2.24) is 30.2 Å². The normalized spacial score (nSPS) is 16.1. The number of alkyl carbamates (subject to hydrolysis) is 1. The summed E-state index contributed by atoms with van der Waals surface area (Å²) in [6.07, 6.45) is 4.64. The zero-order valence-electron chi connectivity index (χ0n) is 21.4. The van der Waals surface area contributed by atoms with Crippen LogP contribution in [0.1, 0.15) is 38.6 Å². The molecule has 1 aliphatic heterocycles. The number of aromatic nitrogens is 4. The Morgan fingerprint density at radius 3 is 2.58 bits per heavy atom. The van der Waals surface area contributed by atoms with Crippen molar-refractivity contribution in [1.29, 1.82) is 0 Å². The lowest BCUT2D eigenvalue weighted by Gasteiger charge is -2.30. The zero-order chi connectivity index (χ0) is 26.8. The zero-order valence-corrected chi connectivity index (χ0v) is 23.0. The molecule has 1 fully saturated rings. The van der Waals surface area contributed by atoms with Gasteiger partial charge in [0.25, 0.3) is 0 Å². The minimum Gasteiger partial charge on any atom is -0.453 e. The van der Waals surface area contributed by atoms with E-state index in [0.717, 1.165) is 56.7 Å². The summed E-state index contributed by atoms with van der Waals surface area (Å²) in [5.74, 6) is 0.531. The fourth-order valence-corrected chi connectivity index (χ4v) is 5.14. The van der Waals surface area contributed by atoms with Crippen LogP contribution in [0.5, 0.6) is 0 Å². The number of likely N-dealkylation sites (tertiary alicyclic amines) is 1. The van der Waals surface area contributed by atoms with Crippen LogP contribution < -0.4 is 5.32 Å². The van der Waals surface area contributed by atoms with Crippen LogP contribution >= 0.6 is 15.9 Å². The van der Waals surface area contributed by atoms with Crippen molar-refractivity contribution < 1.29 is 14.3 Å². The lowest BCUT2D eigenvalue weighted by atomic mass is 10.0. The van der Waals surface area contributed by atoms with Crippen molar-refractivity contribution in [2.24, 2.45) is 5.92 Å². The molecule has 2 atom stereocenters. The van der Waals surface area contributed by atoms with E-state index >= 15 is 0 Å². The number of hydrogen-bond acceptors (Lipinski definition) is 6.